The number of benzene rings is 3. The van der Waals surface area contributed by atoms with Gasteiger partial charge in [0.25, 0.3) is 11.4 Å². The normalized spacial score (nSPS) is 11.1. The Morgan fingerprint density at radius 3 is 2.33 bits per heavy atom. The summed E-state index contributed by atoms with van der Waals surface area (Å²) in [4.78, 5) is 17.6. The lowest BCUT2D eigenvalue weighted by atomic mass is 10.1. The molecule has 3 aromatic carbocycles. The highest BCUT2D eigenvalue weighted by molar-refractivity contribution is 9.10. The molecule has 0 aliphatic rings. The molecule has 0 fully saturated rings. The van der Waals surface area contributed by atoms with Gasteiger partial charge < -0.3 is 4.52 Å². The van der Waals surface area contributed by atoms with Gasteiger partial charge in [-0.3, -0.25) is 9.36 Å². The maximum Gasteiger partial charge on any atom is 0.262 e. The molecule has 0 atom stereocenters. The Hall–Kier alpha value is -3.58. The van der Waals surface area contributed by atoms with E-state index in [1.165, 1.54) is 16.7 Å². The summed E-state index contributed by atoms with van der Waals surface area (Å²) in [6, 6.07) is 20.5. The Labute approximate surface area is 178 Å². The average molecular weight is 462 g/mol. The molecule has 0 N–H and O–H groups in total. The summed E-state index contributed by atoms with van der Waals surface area (Å²) >= 11 is 3.50. The van der Waals surface area contributed by atoms with Gasteiger partial charge in [-0.15, -0.1) is 0 Å². The molecule has 0 saturated heterocycles. The highest BCUT2D eigenvalue weighted by Gasteiger charge is 2.18. The summed E-state index contributed by atoms with van der Waals surface area (Å²) in [5.41, 5.74) is 1.73. The number of nitrogens with zero attached hydrogens (tertiary/aromatic N) is 3. The van der Waals surface area contributed by atoms with Crippen molar-refractivity contribution >= 4 is 26.7 Å². The highest BCUT2D eigenvalue weighted by atomic mass is 79.9. The summed E-state index contributed by atoms with van der Waals surface area (Å²) in [5.74, 6) is 0.344. The number of aromatic nitrogens is 3. The fraction of sp³-hybridized carbons (Fsp3) is 0. The quantitative estimate of drug-likeness (QED) is 0.350. The van der Waals surface area contributed by atoms with Crippen LogP contribution < -0.4 is 5.56 Å². The summed E-state index contributed by atoms with van der Waals surface area (Å²) in [6.45, 7) is 0. The van der Waals surface area contributed by atoms with Crippen LogP contribution in [0.1, 0.15) is 0 Å². The zero-order chi connectivity index (χ0) is 20.7. The van der Waals surface area contributed by atoms with Gasteiger partial charge in [0, 0.05) is 32.7 Å². The summed E-state index contributed by atoms with van der Waals surface area (Å²) in [7, 11) is 0. The first kappa shape index (κ1) is 18.4. The van der Waals surface area contributed by atoms with Crippen molar-refractivity contribution in [1.82, 2.24) is 14.7 Å². The average Bonchev–Trinajstić information content (AvgIpc) is 3.25. The SMILES string of the molecule is O=c1c2ccccc2c(-c2nc(-c3ccccc3Br)no2)cn1-c1ccc(F)cc1. The molecule has 0 spiro atoms. The Balaban J connectivity index is 1.74. The lowest BCUT2D eigenvalue weighted by Gasteiger charge is -2.10. The van der Waals surface area contributed by atoms with Crippen LogP contribution in [0, 0.1) is 5.82 Å². The van der Waals surface area contributed by atoms with Crippen molar-refractivity contribution in [3.05, 3.63) is 99.6 Å². The minimum atomic E-state index is -0.372. The van der Waals surface area contributed by atoms with Crippen LogP contribution in [0.2, 0.25) is 0 Å². The van der Waals surface area contributed by atoms with Crippen LogP contribution in [0.25, 0.3) is 39.3 Å². The van der Waals surface area contributed by atoms with Gasteiger partial charge in [0.1, 0.15) is 5.82 Å². The minimum absolute atomic E-state index is 0.216. The number of fused-ring (bicyclic) bond motifs is 1. The lowest BCUT2D eigenvalue weighted by molar-refractivity contribution is 0.432. The van der Waals surface area contributed by atoms with E-state index in [1.54, 1.807) is 30.5 Å². The van der Waals surface area contributed by atoms with Gasteiger partial charge in [-0.1, -0.05) is 51.4 Å². The van der Waals surface area contributed by atoms with Crippen LogP contribution in [0.3, 0.4) is 0 Å². The summed E-state index contributed by atoms with van der Waals surface area (Å²) in [6.07, 6.45) is 1.65. The fourth-order valence-electron chi connectivity index (χ4n) is 3.34. The molecule has 2 heterocycles. The first-order valence-electron chi connectivity index (χ1n) is 9.11. The van der Waals surface area contributed by atoms with Gasteiger partial charge in [0.15, 0.2) is 0 Å². The minimum Gasteiger partial charge on any atom is -0.334 e. The van der Waals surface area contributed by atoms with Crippen LogP contribution in [-0.4, -0.2) is 14.7 Å². The van der Waals surface area contributed by atoms with E-state index < -0.39 is 0 Å². The Morgan fingerprint density at radius 2 is 1.57 bits per heavy atom. The molecule has 0 bridgehead atoms. The van der Waals surface area contributed by atoms with Crippen molar-refractivity contribution in [2.24, 2.45) is 0 Å². The van der Waals surface area contributed by atoms with E-state index in [-0.39, 0.29) is 17.3 Å². The molecular weight excluding hydrogens is 449 g/mol. The molecule has 146 valence electrons. The fourth-order valence-corrected chi connectivity index (χ4v) is 3.80. The van der Waals surface area contributed by atoms with Gasteiger partial charge >= 0.3 is 0 Å². The van der Waals surface area contributed by atoms with Crippen molar-refractivity contribution in [3.63, 3.8) is 0 Å². The smallest absolute Gasteiger partial charge is 0.262 e. The molecule has 0 aliphatic carbocycles. The van der Waals surface area contributed by atoms with Crippen molar-refractivity contribution in [3.8, 4) is 28.5 Å². The predicted octanol–water partition coefficient (Wildman–Crippen LogP) is 5.61. The van der Waals surface area contributed by atoms with E-state index in [9.17, 15) is 9.18 Å². The van der Waals surface area contributed by atoms with Crippen molar-refractivity contribution in [1.29, 1.82) is 0 Å². The van der Waals surface area contributed by atoms with E-state index in [4.69, 9.17) is 4.52 Å². The molecule has 0 radical (unpaired) electrons. The van der Waals surface area contributed by atoms with E-state index in [1.807, 2.05) is 36.4 Å². The lowest BCUT2D eigenvalue weighted by Crippen LogP contribution is -2.18. The van der Waals surface area contributed by atoms with Crippen LogP contribution in [-0.2, 0) is 0 Å². The molecular formula is C23H13BrFN3O2. The second kappa shape index (κ2) is 7.35. The van der Waals surface area contributed by atoms with E-state index in [2.05, 4.69) is 26.1 Å². The third-order valence-electron chi connectivity index (χ3n) is 4.80. The Kier molecular flexibility index (Phi) is 4.52. The number of hydrogen-bond acceptors (Lipinski definition) is 4. The largest absolute Gasteiger partial charge is 0.334 e. The monoisotopic (exact) mass is 461 g/mol. The Bertz CT molecular complexity index is 1440. The zero-order valence-corrected chi connectivity index (χ0v) is 17.0. The first-order valence-corrected chi connectivity index (χ1v) is 9.90. The molecule has 5 nitrogen and oxygen atoms in total. The number of hydrogen-bond donors (Lipinski definition) is 0. The van der Waals surface area contributed by atoms with E-state index >= 15 is 0 Å². The Morgan fingerprint density at radius 1 is 0.867 bits per heavy atom. The predicted molar refractivity (Wildman–Crippen MR) is 116 cm³/mol. The molecule has 2 aromatic heterocycles. The standard InChI is InChI=1S/C23H13BrFN3O2/c24-20-8-4-3-7-18(20)21-26-22(30-27-21)19-13-28(15-11-9-14(25)10-12-15)23(29)17-6-2-1-5-16(17)19/h1-13H. The summed E-state index contributed by atoms with van der Waals surface area (Å²) in [5, 5.41) is 5.31. The van der Waals surface area contributed by atoms with Crippen LogP contribution in [0.15, 0.2) is 92.8 Å². The van der Waals surface area contributed by atoms with Gasteiger partial charge in [0.2, 0.25) is 5.82 Å². The third-order valence-corrected chi connectivity index (χ3v) is 5.49. The van der Waals surface area contributed by atoms with Crippen LogP contribution in [0.4, 0.5) is 4.39 Å². The molecule has 30 heavy (non-hydrogen) atoms. The summed E-state index contributed by atoms with van der Waals surface area (Å²) < 4.78 is 21.2. The topological polar surface area (TPSA) is 60.9 Å². The van der Waals surface area contributed by atoms with Gasteiger partial charge in [-0.05, 0) is 42.5 Å². The second-order valence-corrected chi connectivity index (χ2v) is 7.50. The molecule has 0 amide bonds. The van der Waals surface area contributed by atoms with Gasteiger partial charge in [0.05, 0.1) is 5.56 Å². The maximum absolute atomic E-state index is 13.4. The van der Waals surface area contributed by atoms with Crippen LogP contribution >= 0.6 is 15.9 Å². The molecule has 0 saturated carbocycles. The van der Waals surface area contributed by atoms with Gasteiger partial charge in [-0.2, -0.15) is 4.98 Å². The molecule has 5 rings (SSSR count). The van der Waals surface area contributed by atoms with Crippen molar-refractivity contribution in [2.45, 2.75) is 0 Å². The molecule has 0 aliphatic heterocycles. The maximum atomic E-state index is 13.4. The zero-order valence-electron chi connectivity index (χ0n) is 15.4. The number of pyridine rings is 1. The molecule has 7 heteroatoms. The van der Waals surface area contributed by atoms with E-state index in [0.717, 1.165) is 10.0 Å². The van der Waals surface area contributed by atoms with Crippen molar-refractivity contribution < 1.29 is 8.91 Å². The molecule has 0 unspecified atom stereocenters. The highest BCUT2D eigenvalue weighted by Crippen LogP contribution is 2.30. The van der Waals surface area contributed by atoms with Gasteiger partial charge in [-0.25, -0.2) is 4.39 Å². The number of halogens is 2. The van der Waals surface area contributed by atoms with Crippen LogP contribution in [0.5, 0.6) is 0 Å². The number of rotatable bonds is 3. The van der Waals surface area contributed by atoms with E-state index in [0.29, 0.717) is 27.8 Å². The molecule has 5 aromatic rings. The van der Waals surface area contributed by atoms with Crippen molar-refractivity contribution in [2.75, 3.05) is 0 Å². The first-order chi connectivity index (χ1) is 14.6. The second-order valence-electron chi connectivity index (χ2n) is 6.64. The third kappa shape index (κ3) is 3.13.